The van der Waals surface area contributed by atoms with Gasteiger partial charge < -0.3 is 14.8 Å². The summed E-state index contributed by atoms with van der Waals surface area (Å²) in [6.45, 7) is 1.43. The first-order chi connectivity index (χ1) is 13.5. The van der Waals surface area contributed by atoms with Crippen molar-refractivity contribution in [2.75, 3.05) is 12.4 Å². The number of carbonyl (C=O) groups is 1. The van der Waals surface area contributed by atoms with Crippen molar-refractivity contribution < 1.29 is 23.0 Å². The molecule has 0 fully saturated rings. The molecule has 0 unspecified atom stereocenters. The average molecular weight is 383 g/mol. The van der Waals surface area contributed by atoms with Crippen LogP contribution in [0.15, 0.2) is 60.7 Å². The molecule has 3 aromatic rings. The molecular weight excluding hydrogens is 364 g/mol. The molecule has 144 valence electrons. The van der Waals surface area contributed by atoms with Crippen LogP contribution in [0.1, 0.15) is 18.1 Å². The number of halogens is 2. The maximum absolute atomic E-state index is 15.1. The lowest BCUT2D eigenvalue weighted by Gasteiger charge is -2.14. The standard InChI is InChI=1S/C22H19F2NO3/c1-14(26)25-18-8-3-15(4-9-18)13-16-5-12-20(27-2)22(21(16)24)28-19-10-6-17(23)7-11-19/h3-12H,13H2,1-2H3,(H,25,26). The lowest BCUT2D eigenvalue weighted by molar-refractivity contribution is -0.114. The van der Waals surface area contributed by atoms with Crippen LogP contribution in [-0.4, -0.2) is 13.0 Å². The summed E-state index contributed by atoms with van der Waals surface area (Å²) in [7, 11) is 1.42. The number of hydrogen-bond acceptors (Lipinski definition) is 3. The van der Waals surface area contributed by atoms with Crippen LogP contribution in [0.3, 0.4) is 0 Å². The first-order valence-corrected chi connectivity index (χ1v) is 8.61. The van der Waals surface area contributed by atoms with Gasteiger partial charge in [-0.15, -0.1) is 0 Å². The molecule has 1 N–H and O–H groups in total. The van der Waals surface area contributed by atoms with Gasteiger partial charge in [-0.1, -0.05) is 18.2 Å². The van der Waals surface area contributed by atoms with Gasteiger partial charge in [0.15, 0.2) is 11.6 Å². The minimum absolute atomic E-state index is 0.0542. The first kappa shape index (κ1) is 19.4. The van der Waals surface area contributed by atoms with Crippen molar-refractivity contribution in [1.29, 1.82) is 0 Å². The largest absolute Gasteiger partial charge is 0.493 e. The van der Waals surface area contributed by atoms with E-state index in [0.717, 1.165) is 5.56 Å². The molecule has 0 atom stereocenters. The number of methoxy groups -OCH3 is 1. The zero-order valence-corrected chi connectivity index (χ0v) is 15.5. The molecule has 0 aliphatic carbocycles. The molecule has 3 aromatic carbocycles. The third-order valence-corrected chi connectivity index (χ3v) is 4.06. The summed E-state index contributed by atoms with van der Waals surface area (Å²) in [6.07, 6.45) is 0.329. The van der Waals surface area contributed by atoms with Crippen molar-refractivity contribution in [2.45, 2.75) is 13.3 Å². The predicted octanol–water partition coefficient (Wildman–Crippen LogP) is 5.31. The van der Waals surface area contributed by atoms with E-state index in [1.54, 1.807) is 24.3 Å². The van der Waals surface area contributed by atoms with E-state index < -0.39 is 11.6 Å². The molecule has 4 nitrogen and oxygen atoms in total. The first-order valence-electron chi connectivity index (χ1n) is 8.61. The van der Waals surface area contributed by atoms with E-state index in [2.05, 4.69) is 5.32 Å². The van der Waals surface area contributed by atoms with Gasteiger partial charge in [-0.25, -0.2) is 8.78 Å². The Labute approximate surface area is 161 Å². The second-order valence-corrected chi connectivity index (χ2v) is 6.18. The molecule has 0 bridgehead atoms. The summed E-state index contributed by atoms with van der Waals surface area (Å²) < 4.78 is 39.0. The van der Waals surface area contributed by atoms with Crippen LogP contribution in [0, 0.1) is 11.6 Å². The van der Waals surface area contributed by atoms with Gasteiger partial charge in [0, 0.05) is 19.0 Å². The highest BCUT2D eigenvalue weighted by molar-refractivity contribution is 5.88. The number of amides is 1. The van der Waals surface area contributed by atoms with Crippen molar-refractivity contribution in [1.82, 2.24) is 0 Å². The Hall–Kier alpha value is -3.41. The topological polar surface area (TPSA) is 47.6 Å². The zero-order chi connectivity index (χ0) is 20.1. The van der Waals surface area contributed by atoms with Crippen molar-refractivity contribution >= 4 is 11.6 Å². The zero-order valence-electron chi connectivity index (χ0n) is 15.5. The lowest BCUT2D eigenvalue weighted by Crippen LogP contribution is -2.05. The minimum atomic E-state index is -0.547. The van der Waals surface area contributed by atoms with Gasteiger partial charge >= 0.3 is 0 Å². The number of hydrogen-bond donors (Lipinski definition) is 1. The quantitative estimate of drug-likeness (QED) is 0.627. The summed E-state index contributed by atoms with van der Waals surface area (Å²) in [4.78, 5) is 11.1. The maximum atomic E-state index is 15.1. The number of carbonyl (C=O) groups excluding carboxylic acids is 1. The molecule has 3 rings (SSSR count). The normalized spacial score (nSPS) is 10.4. The van der Waals surface area contributed by atoms with Crippen molar-refractivity contribution in [3.05, 3.63) is 83.4 Å². The SMILES string of the molecule is COc1ccc(Cc2ccc(NC(C)=O)cc2)c(F)c1Oc1ccc(F)cc1. The Balaban J connectivity index is 1.85. The third kappa shape index (κ3) is 4.65. The van der Waals surface area contributed by atoms with Gasteiger partial charge in [-0.05, 0) is 53.6 Å². The van der Waals surface area contributed by atoms with Gasteiger partial charge in [0.05, 0.1) is 7.11 Å². The van der Waals surface area contributed by atoms with Gasteiger partial charge in [-0.2, -0.15) is 0 Å². The van der Waals surface area contributed by atoms with E-state index in [-0.39, 0.29) is 17.4 Å². The Kier molecular flexibility index (Phi) is 5.89. The summed E-state index contributed by atoms with van der Waals surface area (Å²) in [5.41, 5.74) is 1.96. The van der Waals surface area contributed by atoms with Crippen molar-refractivity contribution in [3.63, 3.8) is 0 Å². The lowest BCUT2D eigenvalue weighted by atomic mass is 10.0. The minimum Gasteiger partial charge on any atom is -0.493 e. The second kappa shape index (κ2) is 8.52. The highest BCUT2D eigenvalue weighted by atomic mass is 19.1. The van der Waals surface area contributed by atoms with E-state index in [1.165, 1.54) is 38.3 Å². The monoisotopic (exact) mass is 383 g/mol. The molecule has 0 heterocycles. The summed E-state index contributed by atoms with van der Waals surface area (Å²) in [5.74, 6) is -0.620. The number of ether oxygens (including phenoxy) is 2. The van der Waals surface area contributed by atoms with Crippen LogP contribution >= 0.6 is 0 Å². The van der Waals surface area contributed by atoms with Gasteiger partial charge in [0.1, 0.15) is 11.6 Å². The summed E-state index contributed by atoms with van der Waals surface area (Å²) in [5, 5.41) is 2.69. The molecule has 0 aliphatic heterocycles. The van der Waals surface area contributed by atoms with Crippen LogP contribution in [0.5, 0.6) is 17.2 Å². The van der Waals surface area contributed by atoms with Crippen molar-refractivity contribution in [2.24, 2.45) is 0 Å². The van der Waals surface area contributed by atoms with E-state index in [1.807, 2.05) is 12.1 Å². The Morgan fingerprint density at radius 1 is 0.964 bits per heavy atom. The molecule has 0 radical (unpaired) electrons. The van der Waals surface area contributed by atoms with Gasteiger partial charge in [-0.3, -0.25) is 4.79 Å². The third-order valence-electron chi connectivity index (χ3n) is 4.06. The molecule has 0 spiro atoms. The summed E-state index contributed by atoms with van der Waals surface area (Å²) >= 11 is 0. The smallest absolute Gasteiger partial charge is 0.221 e. The van der Waals surface area contributed by atoms with E-state index in [0.29, 0.717) is 23.4 Å². The fraction of sp³-hybridized carbons (Fsp3) is 0.136. The highest BCUT2D eigenvalue weighted by Crippen LogP contribution is 2.36. The number of benzene rings is 3. The van der Waals surface area contributed by atoms with E-state index in [4.69, 9.17) is 9.47 Å². The highest BCUT2D eigenvalue weighted by Gasteiger charge is 2.17. The fourth-order valence-corrected chi connectivity index (χ4v) is 2.72. The van der Waals surface area contributed by atoms with Crippen LogP contribution in [0.2, 0.25) is 0 Å². The number of nitrogens with one attached hydrogen (secondary N) is 1. The van der Waals surface area contributed by atoms with Crippen LogP contribution in [0.25, 0.3) is 0 Å². The van der Waals surface area contributed by atoms with Crippen LogP contribution in [-0.2, 0) is 11.2 Å². The molecular formula is C22H19F2NO3. The van der Waals surface area contributed by atoms with Crippen LogP contribution in [0.4, 0.5) is 14.5 Å². The number of anilines is 1. The van der Waals surface area contributed by atoms with Gasteiger partial charge in [0.2, 0.25) is 11.7 Å². The molecule has 0 aromatic heterocycles. The van der Waals surface area contributed by atoms with Gasteiger partial charge in [0.25, 0.3) is 0 Å². The molecule has 28 heavy (non-hydrogen) atoms. The van der Waals surface area contributed by atoms with Crippen molar-refractivity contribution in [3.8, 4) is 17.2 Å². The molecule has 0 saturated carbocycles. The van der Waals surface area contributed by atoms with Crippen LogP contribution < -0.4 is 14.8 Å². The molecule has 0 saturated heterocycles. The molecule has 1 amide bonds. The Morgan fingerprint density at radius 3 is 2.25 bits per heavy atom. The molecule has 6 heteroatoms. The second-order valence-electron chi connectivity index (χ2n) is 6.18. The van der Waals surface area contributed by atoms with E-state index >= 15 is 4.39 Å². The fourth-order valence-electron chi connectivity index (χ4n) is 2.72. The average Bonchev–Trinajstić information content (AvgIpc) is 2.68. The Bertz CT molecular complexity index is 970. The maximum Gasteiger partial charge on any atom is 0.221 e. The number of rotatable bonds is 6. The Morgan fingerprint density at radius 2 is 1.64 bits per heavy atom. The van der Waals surface area contributed by atoms with E-state index in [9.17, 15) is 9.18 Å². The molecule has 0 aliphatic rings. The predicted molar refractivity (Wildman–Crippen MR) is 103 cm³/mol. The summed E-state index contributed by atoms with van der Waals surface area (Å²) in [6, 6.07) is 15.7.